The van der Waals surface area contributed by atoms with Crippen LogP contribution in [0.1, 0.15) is 24.4 Å². The third-order valence-electron chi connectivity index (χ3n) is 3.88. The van der Waals surface area contributed by atoms with Gasteiger partial charge in [0.05, 0.1) is 18.7 Å². The van der Waals surface area contributed by atoms with Gasteiger partial charge in [-0.3, -0.25) is 9.69 Å². The first-order valence-electron chi connectivity index (χ1n) is 6.99. The fourth-order valence-corrected chi connectivity index (χ4v) is 2.83. The van der Waals surface area contributed by atoms with Crippen molar-refractivity contribution < 1.29 is 23.9 Å². The SMILES string of the molecule is COC(=O)C1=C2C(=O)OC[C@H](c3ccccc3)N2C(=O)CC1. The highest BCUT2D eigenvalue weighted by atomic mass is 16.5. The maximum Gasteiger partial charge on any atom is 0.355 e. The molecule has 1 aromatic carbocycles. The van der Waals surface area contributed by atoms with Crippen LogP contribution in [-0.2, 0) is 23.9 Å². The van der Waals surface area contributed by atoms with Crippen molar-refractivity contribution in [3.05, 3.63) is 47.2 Å². The third-order valence-corrected chi connectivity index (χ3v) is 3.88. The molecule has 114 valence electrons. The number of rotatable bonds is 2. The summed E-state index contributed by atoms with van der Waals surface area (Å²) in [6, 6.07) is 8.88. The van der Waals surface area contributed by atoms with E-state index in [1.807, 2.05) is 30.3 Å². The summed E-state index contributed by atoms with van der Waals surface area (Å²) in [5, 5.41) is 0. The molecule has 2 heterocycles. The maximum absolute atomic E-state index is 12.3. The normalized spacial score (nSPS) is 21.3. The Balaban J connectivity index is 2.10. The summed E-state index contributed by atoms with van der Waals surface area (Å²) in [5.41, 5.74) is 1.07. The van der Waals surface area contributed by atoms with E-state index in [9.17, 15) is 14.4 Å². The van der Waals surface area contributed by atoms with Crippen molar-refractivity contribution in [3.8, 4) is 0 Å². The largest absolute Gasteiger partial charge is 0.466 e. The van der Waals surface area contributed by atoms with Crippen LogP contribution >= 0.6 is 0 Å². The van der Waals surface area contributed by atoms with E-state index in [0.717, 1.165) is 5.56 Å². The van der Waals surface area contributed by atoms with Crippen LogP contribution in [0.2, 0.25) is 0 Å². The van der Waals surface area contributed by atoms with Crippen LogP contribution in [-0.4, -0.2) is 36.5 Å². The summed E-state index contributed by atoms with van der Waals surface area (Å²) in [4.78, 5) is 37.7. The van der Waals surface area contributed by atoms with Crippen LogP contribution in [0.4, 0.5) is 0 Å². The fraction of sp³-hybridized carbons (Fsp3) is 0.312. The zero-order valence-electron chi connectivity index (χ0n) is 12.1. The molecule has 0 radical (unpaired) electrons. The molecule has 1 fully saturated rings. The number of nitrogens with zero attached hydrogens (tertiary/aromatic N) is 1. The lowest BCUT2D eigenvalue weighted by molar-refractivity contribution is -0.157. The minimum Gasteiger partial charge on any atom is -0.466 e. The predicted octanol–water partition coefficient (Wildman–Crippen LogP) is 1.33. The smallest absolute Gasteiger partial charge is 0.355 e. The summed E-state index contributed by atoms with van der Waals surface area (Å²) in [7, 11) is 1.25. The molecule has 1 aromatic rings. The van der Waals surface area contributed by atoms with Crippen molar-refractivity contribution >= 4 is 17.8 Å². The summed E-state index contributed by atoms with van der Waals surface area (Å²) in [6.07, 6.45) is 0.360. The van der Waals surface area contributed by atoms with Crippen molar-refractivity contribution in [1.82, 2.24) is 4.90 Å². The Morgan fingerprint density at radius 2 is 1.95 bits per heavy atom. The zero-order valence-corrected chi connectivity index (χ0v) is 12.1. The molecule has 3 rings (SSSR count). The molecule has 6 nitrogen and oxygen atoms in total. The number of methoxy groups -OCH3 is 1. The molecule has 6 heteroatoms. The number of cyclic esters (lactones) is 1. The molecule has 1 saturated heterocycles. The number of fused-ring (bicyclic) bond motifs is 1. The summed E-state index contributed by atoms with van der Waals surface area (Å²) < 4.78 is 9.91. The quantitative estimate of drug-likeness (QED) is 0.771. The molecule has 0 bridgehead atoms. The highest BCUT2D eigenvalue weighted by Gasteiger charge is 2.43. The maximum atomic E-state index is 12.3. The van der Waals surface area contributed by atoms with Crippen molar-refractivity contribution in [2.24, 2.45) is 0 Å². The topological polar surface area (TPSA) is 72.9 Å². The number of carbonyl (C=O) groups is 3. The molecule has 0 spiro atoms. The van der Waals surface area contributed by atoms with Crippen LogP contribution in [0.5, 0.6) is 0 Å². The number of ether oxygens (including phenoxy) is 2. The number of benzene rings is 1. The van der Waals surface area contributed by atoms with Crippen molar-refractivity contribution in [3.63, 3.8) is 0 Å². The minimum absolute atomic E-state index is 0.0169. The summed E-state index contributed by atoms with van der Waals surface area (Å²) in [5.74, 6) is -1.44. The molecule has 0 N–H and O–H groups in total. The van der Waals surface area contributed by atoms with Gasteiger partial charge in [-0.15, -0.1) is 0 Å². The number of hydrogen-bond acceptors (Lipinski definition) is 5. The molecular weight excluding hydrogens is 286 g/mol. The highest BCUT2D eigenvalue weighted by molar-refractivity contribution is 6.05. The second-order valence-corrected chi connectivity index (χ2v) is 5.11. The van der Waals surface area contributed by atoms with Gasteiger partial charge < -0.3 is 9.47 Å². The molecule has 2 aliphatic heterocycles. The molecular formula is C16H15NO5. The molecule has 0 saturated carbocycles. The average Bonchev–Trinajstić information content (AvgIpc) is 2.56. The van der Waals surface area contributed by atoms with Crippen LogP contribution in [0.3, 0.4) is 0 Å². The van der Waals surface area contributed by atoms with Gasteiger partial charge in [-0.25, -0.2) is 9.59 Å². The van der Waals surface area contributed by atoms with Gasteiger partial charge in [-0.1, -0.05) is 30.3 Å². The second-order valence-electron chi connectivity index (χ2n) is 5.11. The van der Waals surface area contributed by atoms with E-state index >= 15 is 0 Å². The number of morpholine rings is 1. The number of carbonyl (C=O) groups excluding carboxylic acids is 3. The standard InChI is InChI=1S/C16H15NO5/c1-21-15(19)11-7-8-13(18)17-12(9-22-16(20)14(11)17)10-5-3-2-4-6-10/h2-6,12H,7-9H2,1H3/t12-/m1/s1. The highest BCUT2D eigenvalue weighted by Crippen LogP contribution is 2.36. The van der Waals surface area contributed by atoms with Gasteiger partial charge in [-0.05, 0) is 12.0 Å². The zero-order chi connectivity index (χ0) is 15.7. The molecule has 0 aromatic heterocycles. The van der Waals surface area contributed by atoms with Crippen LogP contribution in [0.15, 0.2) is 41.6 Å². The fourth-order valence-electron chi connectivity index (χ4n) is 2.83. The Labute approximate surface area is 127 Å². The van der Waals surface area contributed by atoms with Crippen LogP contribution in [0.25, 0.3) is 0 Å². The molecule has 0 aliphatic carbocycles. The van der Waals surface area contributed by atoms with Gasteiger partial charge in [-0.2, -0.15) is 0 Å². The lowest BCUT2D eigenvalue weighted by Gasteiger charge is -2.39. The van der Waals surface area contributed by atoms with E-state index in [1.54, 1.807) is 0 Å². The van der Waals surface area contributed by atoms with Crippen LogP contribution < -0.4 is 0 Å². The van der Waals surface area contributed by atoms with Crippen molar-refractivity contribution in [2.45, 2.75) is 18.9 Å². The number of hydrogen-bond donors (Lipinski definition) is 0. The van der Waals surface area contributed by atoms with E-state index in [1.165, 1.54) is 12.0 Å². The minimum atomic E-state index is -0.652. The van der Waals surface area contributed by atoms with E-state index in [2.05, 4.69) is 0 Å². The van der Waals surface area contributed by atoms with Gasteiger partial charge >= 0.3 is 11.9 Å². The predicted molar refractivity (Wildman–Crippen MR) is 75.3 cm³/mol. The lowest BCUT2D eigenvalue weighted by atomic mass is 9.95. The van der Waals surface area contributed by atoms with E-state index in [-0.39, 0.29) is 36.6 Å². The summed E-state index contributed by atoms with van der Waals surface area (Å²) in [6.45, 7) is 0.0759. The Bertz CT molecular complexity index is 664. The first-order valence-corrected chi connectivity index (χ1v) is 6.99. The lowest BCUT2D eigenvalue weighted by Crippen LogP contribution is -2.47. The van der Waals surface area contributed by atoms with Gasteiger partial charge in [0.1, 0.15) is 12.3 Å². The number of amides is 1. The molecule has 1 amide bonds. The van der Waals surface area contributed by atoms with Gasteiger partial charge in [0, 0.05) is 6.42 Å². The first-order chi connectivity index (χ1) is 10.6. The van der Waals surface area contributed by atoms with Crippen LogP contribution in [0, 0.1) is 0 Å². The van der Waals surface area contributed by atoms with E-state index in [0.29, 0.717) is 0 Å². The van der Waals surface area contributed by atoms with E-state index in [4.69, 9.17) is 9.47 Å². The van der Waals surface area contributed by atoms with Gasteiger partial charge in [0.15, 0.2) is 0 Å². The Kier molecular flexibility index (Phi) is 3.66. The molecule has 1 atom stereocenters. The third kappa shape index (κ3) is 2.26. The molecule has 0 unspecified atom stereocenters. The van der Waals surface area contributed by atoms with E-state index < -0.39 is 18.0 Å². The second kappa shape index (κ2) is 5.63. The summed E-state index contributed by atoms with van der Waals surface area (Å²) >= 11 is 0. The van der Waals surface area contributed by atoms with Gasteiger partial charge in [0.25, 0.3) is 0 Å². The first kappa shape index (κ1) is 14.3. The molecule has 2 aliphatic rings. The Hall–Kier alpha value is -2.63. The van der Waals surface area contributed by atoms with Gasteiger partial charge in [0.2, 0.25) is 5.91 Å². The monoisotopic (exact) mass is 301 g/mol. The van der Waals surface area contributed by atoms with Crippen molar-refractivity contribution in [1.29, 1.82) is 0 Å². The molecule has 22 heavy (non-hydrogen) atoms. The average molecular weight is 301 g/mol. The Morgan fingerprint density at radius 1 is 1.23 bits per heavy atom. The van der Waals surface area contributed by atoms with Crippen molar-refractivity contribution in [2.75, 3.05) is 13.7 Å². The Morgan fingerprint density at radius 3 is 2.64 bits per heavy atom. The number of esters is 2.